The summed E-state index contributed by atoms with van der Waals surface area (Å²) < 4.78 is 0. The summed E-state index contributed by atoms with van der Waals surface area (Å²) >= 11 is 0. The van der Waals surface area contributed by atoms with Gasteiger partial charge in [-0.25, -0.2) is 4.98 Å². The molecule has 4 nitrogen and oxygen atoms in total. The summed E-state index contributed by atoms with van der Waals surface area (Å²) in [7, 11) is 2.07. The highest BCUT2D eigenvalue weighted by Crippen LogP contribution is 2.08. The van der Waals surface area contributed by atoms with Crippen molar-refractivity contribution in [3.05, 3.63) is 65.5 Å². The highest BCUT2D eigenvalue weighted by molar-refractivity contribution is 5.94. The summed E-state index contributed by atoms with van der Waals surface area (Å²) in [4.78, 5) is 20.8. The van der Waals surface area contributed by atoms with Gasteiger partial charge in [0.1, 0.15) is 5.69 Å². The molecule has 0 saturated carbocycles. The minimum Gasteiger partial charge on any atom is -0.336 e. The van der Waals surface area contributed by atoms with Gasteiger partial charge in [-0.15, -0.1) is 0 Å². The largest absolute Gasteiger partial charge is 0.336 e. The Kier molecular flexibility index (Phi) is 4.70. The maximum atomic E-state index is 12.4. The van der Waals surface area contributed by atoms with Crippen LogP contribution in [0.4, 0.5) is 0 Å². The van der Waals surface area contributed by atoms with E-state index in [9.17, 15) is 4.79 Å². The van der Waals surface area contributed by atoms with E-state index in [-0.39, 0.29) is 5.91 Å². The third-order valence-corrected chi connectivity index (χ3v) is 3.91. The predicted molar refractivity (Wildman–Crippen MR) is 90.1 cm³/mol. The van der Waals surface area contributed by atoms with Gasteiger partial charge >= 0.3 is 0 Å². The van der Waals surface area contributed by atoms with E-state index < -0.39 is 0 Å². The van der Waals surface area contributed by atoms with Crippen LogP contribution in [0.15, 0.2) is 48.7 Å². The molecule has 0 N–H and O–H groups in total. The molecule has 0 unspecified atom stereocenters. The highest BCUT2D eigenvalue weighted by atomic mass is 16.2. The van der Waals surface area contributed by atoms with Crippen molar-refractivity contribution < 1.29 is 4.79 Å². The Labute approximate surface area is 136 Å². The molecule has 0 bridgehead atoms. The maximum Gasteiger partial charge on any atom is 0.255 e. The Morgan fingerprint density at radius 1 is 1.00 bits per heavy atom. The number of hydrogen-bond acceptors (Lipinski definition) is 3. The molecule has 0 atom stereocenters. The Balaban J connectivity index is 1.67. The molecular formula is C19H19N3O. The lowest BCUT2D eigenvalue weighted by Crippen LogP contribution is -2.47. The van der Waals surface area contributed by atoms with E-state index in [1.807, 2.05) is 41.3 Å². The summed E-state index contributed by atoms with van der Waals surface area (Å²) in [5.41, 5.74) is 2.25. The molecule has 1 aromatic carbocycles. The molecule has 3 rings (SSSR count). The minimum absolute atomic E-state index is 0.0492. The van der Waals surface area contributed by atoms with Crippen LogP contribution in [-0.4, -0.2) is 53.9 Å². The number of piperazine rings is 1. The Morgan fingerprint density at radius 2 is 1.74 bits per heavy atom. The van der Waals surface area contributed by atoms with Crippen molar-refractivity contribution in [2.75, 3.05) is 33.2 Å². The second kappa shape index (κ2) is 7.08. The van der Waals surface area contributed by atoms with E-state index in [1.165, 1.54) is 0 Å². The summed E-state index contributed by atoms with van der Waals surface area (Å²) in [5, 5.41) is 0. The van der Waals surface area contributed by atoms with Crippen molar-refractivity contribution in [2.45, 2.75) is 0 Å². The van der Waals surface area contributed by atoms with Crippen LogP contribution in [0.3, 0.4) is 0 Å². The summed E-state index contributed by atoms with van der Waals surface area (Å²) in [6.45, 7) is 3.37. The minimum atomic E-state index is 0.0492. The van der Waals surface area contributed by atoms with Gasteiger partial charge in [0, 0.05) is 37.9 Å². The SMILES string of the molecule is CN1CCN(C(=O)c2ccc(C#Cc3ccccc3)nc2)CC1. The molecule has 2 heterocycles. The van der Waals surface area contributed by atoms with Gasteiger partial charge in [-0.05, 0) is 37.2 Å². The van der Waals surface area contributed by atoms with Gasteiger partial charge < -0.3 is 9.80 Å². The van der Waals surface area contributed by atoms with Gasteiger partial charge in [-0.2, -0.15) is 0 Å². The van der Waals surface area contributed by atoms with Crippen LogP contribution in [0.25, 0.3) is 0 Å². The van der Waals surface area contributed by atoms with Crippen LogP contribution in [0.2, 0.25) is 0 Å². The molecule has 23 heavy (non-hydrogen) atoms. The van der Waals surface area contributed by atoms with Crippen molar-refractivity contribution in [1.29, 1.82) is 0 Å². The van der Waals surface area contributed by atoms with E-state index in [2.05, 4.69) is 28.8 Å². The number of hydrogen-bond donors (Lipinski definition) is 0. The standard InChI is InChI=1S/C19H19N3O/c1-21-11-13-22(14-12-21)19(23)17-8-10-18(20-15-17)9-7-16-5-3-2-4-6-16/h2-6,8,10,15H,11-14H2,1H3. The Morgan fingerprint density at radius 3 is 2.39 bits per heavy atom. The zero-order chi connectivity index (χ0) is 16.1. The van der Waals surface area contributed by atoms with E-state index in [0.717, 1.165) is 31.7 Å². The van der Waals surface area contributed by atoms with Crippen molar-refractivity contribution in [3.8, 4) is 11.8 Å². The van der Waals surface area contributed by atoms with Gasteiger partial charge in [0.05, 0.1) is 5.56 Å². The first-order valence-corrected chi connectivity index (χ1v) is 7.73. The normalized spacial score (nSPS) is 14.9. The number of amides is 1. The fourth-order valence-electron chi connectivity index (χ4n) is 2.44. The second-order valence-electron chi connectivity index (χ2n) is 5.64. The molecule has 1 aliphatic rings. The van der Waals surface area contributed by atoms with Crippen LogP contribution in [0, 0.1) is 11.8 Å². The molecule has 0 spiro atoms. The van der Waals surface area contributed by atoms with Gasteiger partial charge in [-0.3, -0.25) is 4.79 Å². The maximum absolute atomic E-state index is 12.4. The van der Waals surface area contributed by atoms with Crippen LogP contribution in [0.5, 0.6) is 0 Å². The van der Waals surface area contributed by atoms with Gasteiger partial charge in [0.15, 0.2) is 0 Å². The third kappa shape index (κ3) is 3.97. The number of rotatable bonds is 1. The van der Waals surface area contributed by atoms with Crippen LogP contribution >= 0.6 is 0 Å². The molecular weight excluding hydrogens is 286 g/mol. The van der Waals surface area contributed by atoms with E-state index in [4.69, 9.17) is 0 Å². The number of nitrogens with zero attached hydrogens (tertiary/aromatic N) is 3. The van der Waals surface area contributed by atoms with Crippen molar-refractivity contribution in [3.63, 3.8) is 0 Å². The molecule has 1 amide bonds. The zero-order valence-corrected chi connectivity index (χ0v) is 13.2. The topological polar surface area (TPSA) is 36.4 Å². The molecule has 4 heteroatoms. The zero-order valence-electron chi connectivity index (χ0n) is 13.2. The lowest BCUT2D eigenvalue weighted by molar-refractivity contribution is 0.0663. The number of benzene rings is 1. The van der Waals surface area contributed by atoms with Crippen molar-refractivity contribution >= 4 is 5.91 Å². The first-order valence-electron chi connectivity index (χ1n) is 7.73. The fraction of sp³-hybridized carbons (Fsp3) is 0.263. The number of carbonyl (C=O) groups is 1. The molecule has 1 fully saturated rings. The number of likely N-dealkylation sites (N-methyl/N-ethyl adjacent to an activating group) is 1. The molecule has 2 aromatic rings. The third-order valence-electron chi connectivity index (χ3n) is 3.91. The Hall–Kier alpha value is -2.64. The summed E-state index contributed by atoms with van der Waals surface area (Å²) in [6.07, 6.45) is 1.62. The average molecular weight is 305 g/mol. The predicted octanol–water partition coefficient (Wildman–Crippen LogP) is 1.87. The van der Waals surface area contributed by atoms with Gasteiger partial charge in [0.2, 0.25) is 0 Å². The van der Waals surface area contributed by atoms with Crippen LogP contribution < -0.4 is 0 Å². The van der Waals surface area contributed by atoms with Crippen LogP contribution in [-0.2, 0) is 0 Å². The summed E-state index contributed by atoms with van der Waals surface area (Å²) in [6, 6.07) is 13.4. The monoisotopic (exact) mass is 305 g/mol. The molecule has 116 valence electrons. The fourth-order valence-corrected chi connectivity index (χ4v) is 2.44. The van der Waals surface area contributed by atoms with Crippen LogP contribution in [0.1, 0.15) is 21.6 Å². The molecule has 1 saturated heterocycles. The highest BCUT2D eigenvalue weighted by Gasteiger charge is 2.20. The van der Waals surface area contributed by atoms with E-state index in [0.29, 0.717) is 11.3 Å². The van der Waals surface area contributed by atoms with Crippen molar-refractivity contribution in [1.82, 2.24) is 14.8 Å². The number of carbonyl (C=O) groups excluding carboxylic acids is 1. The molecule has 1 aromatic heterocycles. The average Bonchev–Trinajstić information content (AvgIpc) is 2.61. The quantitative estimate of drug-likeness (QED) is 0.755. The smallest absolute Gasteiger partial charge is 0.255 e. The summed E-state index contributed by atoms with van der Waals surface area (Å²) in [5.74, 6) is 6.13. The first-order chi connectivity index (χ1) is 11.2. The lowest BCUT2D eigenvalue weighted by atomic mass is 10.2. The molecule has 1 aliphatic heterocycles. The molecule has 0 aliphatic carbocycles. The van der Waals surface area contributed by atoms with Gasteiger partial charge in [-0.1, -0.05) is 24.1 Å². The number of pyridine rings is 1. The van der Waals surface area contributed by atoms with E-state index >= 15 is 0 Å². The second-order valence-corrected chi connectivity index (χ2v) is 5.64. The first kappa shape index (κ1) is 15.3. The van der Waals surface area contributed by atoms with Crippen molar-refractivity contribution in [2.24, 2.45) is 0 Å². The lowest BCUT2D eigenvalue weighted by Gasteiger charge is -2.32. The number of aromatic nitrogens is 1. The van der Waals surface area contributed by atoms with Gasteiger partial charge in [0.25, 0.3) is 5.91 Å². The Bertz CT molecular complexity index is 721. The van der Waals surface area contributed by atoms with E-state index in [1.54, 1.807) is 12.3 Å². The molecule has 0 radical (unpaired) electrons.